The van der Waals surface area contributed by atoms with E-state index in [1.54, 1.807) is 13.2 Å². The first-order valence-corrected chi connectivity index (χ1v) is 4.92. The molecule has 0 radical (unpaired) electrons. The third kappa shape index (κ3) is 2.08. The molecule has 0 fully saturated rings. The summed E-state index contributed by atoms with van der Waals surface area (Å²) in [4.78, 5) is 0. The second kappa shape index (κ2) is 4.81. The largest absolute Gasteiger partial charge is 1.00 e. The Morgan fingerprint density at radius 2 is 2.20 bits per heavy atom. The average Bonchev–Trinajstić information content (AvgIpc) is 2.18. The van der Waals surface area contributed by atoms with Crippen molar-refractivity contribution >= 4 is 0 Å². The van der Waals surface area contributed by atoms with Gasteiger partial charge in [-0.2, -0.15) is 0 Å². The van der Waals surface area contributed by atoms with Crippen molar-refractivity contribution in [2.75, 3.05) is 7.11 Å². The maximum absolute atomic E-state index is 13.5. The molecule has 1 aliphatic carbocycles. The molecule has 1 unspecified atom stereocenters. The molecule has 0 bridgehead atoms. The molecule has 15 heavy (non-hydrogen) atoms. The molecule has 0 aromatic heterocycles. The van der Waals surface area contributed by atoms with Crippen molar-refractivity contribution in [1.29, 1.82) is 0 Å². The molecule has 0 aliphatic heterocycles. The van der Waals surface area contributed by atoms with Crippen LogP contribution in [0.5, 0.6) is 5.75 Å². The summed E-state index contributed by atoms with van der Waals surface area (Å²) >= 11 is 0. The fourth-order valence-corrected chi connectivity index (χ4v) is 2.18. The van der Waals surface area contributed by atoms with Crippen LogP contribution in [0.15, 0.2) is 12.1 Å². The van der Waals surface area contributed by atoms with E-state index in [2.05, 4.69) is 5.73 Å². The molecule has 4 heteroatoms. The SMILES string of the molecule is COc1ccc(F)c2c1CCCC2[NH3+].[Cl-]. The first-order valence-electron chi connectivity index (χ1n) is 4.92. The first kappa shape index (κ1) is 12.3. The highest BCUT2D eigenvalue weighted by atomic mass is 35.5. The molecule has 2 rings (SSSR count). The van der Waals surface area contributed by atoms with Gasteiger partial charge in [0, 0.05) is 12.0 Å². The van der Waals surface area contributed by atoms with Gasteiger partial charge in [-0.15, -0.1) is 0 Å². The smallest absolute Gasteiger partial charge is 0.132 e. The standard InChI is InChI=1S/C11H14FNO.ClH/c1-14-10-6-5-8(12)11-7(10)3-2-4-9(11)13;/h5-6,9H,2-4,13H2,1H3;1H. The Kier molecular flexibility index (Phi) is 3.94. The van der Waals surface area contributed by atoms with Crippen LogP contribution in [0.4, 0.5) is 4.39 Å². The Balaban J connectivity index is 0.00000112. The lowest BCUT2D eigenvalue weighted by atomic mass is 9.87. The van der Waals surface area contributed by atoms with E-state index in [9.17, 15) is 4.39 Å². The van der Waals surface area contributed by atoms with Gasteiger partial charge in [-0.25, -0.2) is 4.39 Å². The van der Waals surface area contributed by atoms with E-state index in [-0.39, 0.29) is 24.3 Å². The molecule has 1 aromatic carbocycles. The van der Waals surface area contributed by atoms with E-state index in [4.69, 9.17) is 4.74 Å². The highest BCUT2D eigenvalue weighted by Gasteiger charge is 2.25. The van der Waals surface area contributed by atoms with Crippen LogP contribution >= 0.6 is 0 Å². The Labute approximate surface area is 95.0 Å². The minimum absolute atomic E-state index is 0. The van der Waals surface area contributed by atoms with Crippen molar-refractivity contribution in [3.63, 3.8) is 0 Å². The van der Waals surface area contributed by atoms with E-state index in [0.717, 1.165) is 36.1 Å². The van der Waals surface area contributed by atoms with Crippen LogP contribution in [0.25, 0.3) is 0 Å². The van der Waals surface area contributed by atoms with Gasteiger partial charge in [0.05, 0.1) is 12.7 Å². The van der Waals surface area contributed by atoms with Gasteiger partial charge in [0.1, 0.15) is 17.6 Å². The van der Waals surface area contributed by atoms with Crippen molar-refractivity contribution in [3.8, 4) is 5.75 Å². The number of ether oxygens (including phenoxy) is 1. The van der Waals surface area contributed by atoms with Gasteiger partial charge in [0.15, 0.2) is 0 Å². The monoisotopic (exact) mass is 231 g/mol. The summed E-state index contributed by atoms with van der Waals surface area (Å²) in [5.41, 5.74) is 5.75. The number of fused-ring (bicyclic) bond motifs is 1. The number of hydrogen-bond acceptors (Lipinski definition) is 1. The van der Waals surface area contributed by atoms with Crippen LogP contribution in [0.2, 0.25) is 0 Å². The van der Waals surface area contributed by atoms with Gasteiger partial charge in [-0.05, 0) is 25.0 Å². The van der Waals surface area contributed by atoms with Gasteiger partial charge in [0.25, 0.3) is 0 Å². The van der Waals surface area contributed by atoms with E-state index < -0.39 is 0 Å². The van der Waals surface area contributed by atoms with Crippen LogP contribution in [0, 0.1) is 5.82 Å². The minimum Gasteiger partial charge on any atom is -1.00 e. The summed E-state index contributed by atoms with van der Waals surface area (Å²) in [5.74, 6) is 0.662. The summed E-state index contributed by atoms with van der Waals surface area (Å²) in [6, 6.07) is 3.25. The van der Waals surface area contributed by atoms with Crippen molar-refractivity contribution in [1.82, 2.24) is 0 Å². The van der Waals surface area contributed by atoms with Crippen LogP contribution < -0.4 is 22.9 Å². The molecule has 1 aromatic rings. The maximum atomic E-state index is 13.5. The fourth-order valence-electron chi connectivity index (χ4n) is 2.18. The number of benzene rings is 1. The zero-order valence-electron chi connectivity index (χ0n) is 8.72. The predicted molar refractivity (Wildman–Crippen MR) is 51.5 cm³/mol. The third-order valence-corrected chi connectivity index (χ3v) is 2.87. The summed E-state index contributed by atoms with van der Waals surface area (Å²) in [5, 5.41) is 0. The van der Waals surface area contributed by atoms with Crippen LogP contribution in [-0.2, 0) is 6.42 Å². The van der Waals surface area contributed by atoms with Gasteiger partial charge >= 0.3 is 0 Å². The van der Waals surface area contributed by atoms with Gasteiger partial charge in [-0.1, -0.05) is 0 Å². The summed E-state index contributed by atoms with van der Waals surface area (Å²) < 4.78 is 18.8. The molecule has 1 atom stereocenters. The normalized spacial score (nSPS) is 19.0. The second-order valence-corrected chi connectivity index (χ2v) is 3.73. The van der Waals surface area contributed by atoms with Crippen molar-refractivity contribution in [2.45, 2.75) is 25.3 Å². The zero-order chi connectivity index (χ0) is 10.1. The molecule has 1 aliphatic rings. The quantitative estimate of drug-likeness (QED) is 0.625. The Morgan fingerprint density at radius 3 is 2.87 bits per heavy atom. The summed E-state index contributed by atoms with van der Waals surface area (Å²) in [7, 11) is 1.63. The first-order chi connectivity index (χ1) is 6.74. The number of quaternary nitrogens is 1. The topological polar surface area (TPSA) is 36.9 Å². The lowest BCUT2D eigenvalue weighted by Crippen LogP contribution is -3.00. The van der Waals surface area contributed by atoms with Crippen molar-refractivity contribution < 1.29 is 27.3 Å². The molecule has 0 spiro atoms. The van der Waals surface area contributed by atoms with Gasteiger partial charge < -0.3 is 22.9 Å². The minimum atomic E-state index is -0.138. The summed E-state index contributed by atoms with van der Waals surface area (Å²) in [6.07, 6.45) is 2.94. The van der Waals surface area contributed by atoms with Crippen LogP contribution in [0.1, 0.15) is 30.0 Å². The van der Waals surface area contributed by atoms with E-state index in [1.165, 1.54) is 6.07 Å². The van der Waals surface area contributed by atoms with Gasteiger partial charge in [-0.3, -0.25) is 0 Å². The number of rotatable bonds is 1. The zero-order valence-corrected chi connectivity index (χ0v) is 9.48. The number of methoxy groups -OCH3 is 1. The van der Waals surface area contributed by atoms with Gasteiger partial charge in [0.2, 0.25) is 0 Å². The predicted octanol–water partition coefficient (Wildman–Crippen LogP) is -1.54. The Bertz CT molecular complexity index is 357. The third-order valence-electron chi connectivity index (χ3n) is 2.87. The molecule has 0 saturated heterocycles. The summed E-state index contributed by atoms with van der Waals surface area (Å²) in [6.45, 7) is 0. The highest BCUT2D eigenvalue weighted by Crippen LogP contribution is 2.34. The van der Waals surface area contributed by atoms with Crippen molar-refractivity contribution in [3.05, 3.63) is 29.1 Å². The van der Waals surface area contributed by atoms with Crippen LogP contribution in [0.3, 0.4) is 0 Å². The average molecular weight is 232 g/mol. The molecule has 2 nitrogen and oxygen atoms in total. The molecule has 3 N–H and O–H groups in total. The molecule has 84 valence electrons. The molecular formula is C11H15ClFNO. The van der Waals surface area contributed by atoms with Crippen molar-refractivity contribution in [2.24, 2.45) is 0 Å². The molecular weight excluding hydrogens is 217 g/mol. The van der Waals surface area contributed by atoms with Crippen LogP contribution in [-0.4, -0.2) is 7.11 Å². The Morgan fingerprint density at radius 1 is 1.47 bits per heavy atom. The fraction of sp³-hybridized carbons (Fsp3) is 0.455. The van der Waals surface area contributed by atoms with E-state index in [1.807, 2.05) is 0 Å². The lowest BCUT2D eigenvalue weighted by molar-refractivity contribution is -0.430. The molecule has 0 amide bonds. The number of halogens is 2. The Hall–Kier alpha value is -0.800. The number of hydrogen-bond donors (Lipinski definition) is 1. The second-order valence-electron chi connectivity index (χ2n) is 3.73. The molecule has 0 saturated carbocycles. The molecule has 0 heterocycles. The highest BCUT2D eigenvalue weighted by molar-refractivity contribution is 5.43. The maximum Gasteiger partial charge on any atom is 0.132 e. The van der Waals surface area contributed by atoms with E-state index >= 15 is 0 Å². The van der Waals surface area contributed by atoms with E-state index in [0.29, 0.717) is 0 Å². The lowest BCUT2D eigenvalue weighted by Gasteiger charge is -2.22.